The lowest BCUT2D eigenvalue weighted by Crippen LogP contribution is -1.83. The smallest absolute Gasteiger partial charge is 0.138 e. The molecule has 0 unspecified atom stereocenters. The van der Waals surface area contributed by atoms with Crippen molar-refractivity contribution in [2.75, 3.05) is 0 Å². The lowest BCUT2D eigenvalue weighted by molar-refractivity contribution is 1.35. The minimum Gasteiger partial charge on any atom is -0.339 e. The Kier molecular flexibility index (Phi) is 3.14. The van der Waals surface area contributed by atoms with Gasteiger partial charge in [-0.15, -0.1) is 0 Å². The van der Waals surface area contributed by atoms with Gasteiger partial charge in [0, 0.05) is 22.5 Å². The normalized spacial score (nSPS) is 11.2. The van der Waals surface area contributed by atoms with E-state index in [-0.39, 0.29) is 0 Å². The van der Waals surface area contributed by atoms with Crippen LogP contribution in [0.1, 0.15) is 0 Å². The van der Waals surface area contributed by atoms with Gasteiger partial charge in [-0.25, -0.2) is 4.98 Å². The van der Waals surface area contributed by atoms with Crippen LogP contribution < -0.4 is 0 Å². The molecule has 5 aromatic rings. The Morgan fingerprint density at radius 3 is 2.12 bits per heavy atom. The number of benzene rings is 3. The number of aromatic nitrogens is 2. The number of hydrogen-bond donors (Lipinski definition) is 1. The second-order valence-electron chi connectivity index (χ2n) is 6.20. The van der Waals surface area contributed by atoms with Crippen molar-refractivity contribution < 1.29 is 0 Å². The summed E-state index contributed by atoms with van der Waals surface area (Å²) in [6.45, 7) is 0. The van der Waals surface area contributed by atoms with Crippen molar-refractivity contribution in [3.63, 3.8) is 0 Å². The maximum Gasteiger partial charge on any atom is 0.138 e. The number of rotatable bonds is 2. The third-order valence-corrected chi connectivity index (χ3v) is 4.70. The Bertz CT molecular complexity index is 1170. The van der Waals surface area contributed by atoms with E-state index < -0.39 is 0 Å². The van der Waals surface area contributed by atoms with Gasteiger partial charge in [-0.1, -0.05) is 72.8 Å². The Morgan fingerprint density at radius 2 is 1.28 bits per heavy atom. The predicted octanol–water partition coefficient (Wildman–Crippen LogP) is 6.05. The molecule has 2 heterocycles. The molecule has 0 atom stereocenters. The first-order valence-corrected chi connectivity index (χ1v) is 8.41. The fraction of sp³-hybridized carbons (Fsp3) is 0. The molecule has 0 fully saturated rings. The molecule has 0 radical (unpaired) electrons. The molecule has 0 spiro atoms. The third kappa shape index (κ3) is 2.31. The van der Waals surface area contributed by atoms with Crippen LogP contribution >= 0.6 is 0 Å². The van der Waals surface area contributed by atoms with Gasteiger partial charge in [0.25, 0.3) is 0 Å². The zero-order valence-electron chi connectivity index (χ0n) is 13.6. The molecule has 2 nitrogen and oxygen atoms in total. The maximum absolute atomic E-state index is 4.51. The Morgan fingerprint density at radius 1 is 0.600 bits per heavy atom. The quantitative estimate of drug-likeness (QED) is 0.421. The summed E-state index contributed by atoms with van der Waals surface area (Å²) >= 11 is 0. The van der Waals surface area contributed by atoms with E-state index in [2.05, 4.69) is 82.8 Å². The van der Waals surface area contributed by atoms with Gasteiger partial charge in [0.1, 0.15) is 5.65 Å². The SMILES string of the molecule is c1ccc(-c2ccc(-c3ccnc4[nH]c5ccccc5c34)cc2)cc1. The fourth-order valence-corrected chi connectivity index (χ4v) is 3.48. The van der Waals surface area contributed by atoms with Crippen molar-refractivity contribution in [3.8, 4) is 22.3 Å². The van der Waals surface area contributed by atoms with E-state index in [0.717, 1.165) is 11.2 Å². The monoisotopic (exact) mass is 320 g/mol. The topological polar surface area (TPSA) is 28.7 Å². The van der Waals surface area contributed by atoms with Gasteiger partial charge >= 0.3 is 0 Å². The van der Waals surface area contributed by atoms with Gasteiger partial charge in [0.05, 0.1) is 0 Å². The van der Waals surface area contributed by atoms with Crippen LogP contribution in [0.3, 0.4) is 0 Å². The highest BCUT2D eigenvalue weighted by Crippen LogP contribution is 2.34. The Balaban J connectivity index is 1.68. The molecule has 3 aromatic carbocycles. The molecule has 0 aliphatic heterocycles. The van der Waals surface area contributed by atoms with E-state index in [9.17, 15) is 0 Å². The molecule has 118 valence electrons. The van der Waals surface area contributed by atoms with Crippen LogP contribution in [0.5, 0.6) is 0 Å². The molecule has 25 heavy (non-hydrogen) atoms. The van der Waals surface area contributed by atoms with Crippen molar-refractivity contribution in [2.45, 2.75) is 0 Å². The average molecular weight is 320 g/mol. The lowest BCUT2D eigenvalue weighted by atomic mass is 9.98. The number of nitrogens with zero attached hydrogens (tertiary/aromatic N) is 1. The van der Waals surface area contributed by atoms with Gasteiger partial charge < -0.3 is 4.98 Å². The van der Waals surface area contributed by atoms with Crippen molar-refractivity contribution in [3.05, 3.63) is 91.1 Å². The number of nitrogens with one attached hydrogen (secondary N) is 1. The standard InChI is InChI=1S/C23H16N2/c1-2-6-16(7-3-1)17-10-12-18(13-11-17)19-14-15-24-23-22(19)20-8-4-5-9-21(20)25-23/h1-15H,(H,24,25). The summed E-state index contributed by atoms with van der Waals surface area (Å²) in [4.78, 5) is 7.93. The van der Waals surface area contributed by atoms with Crippen LogP contribution in [0.2, 0.25) is 0 Å². The Hall–Kier alpha value is -3.39. The van der Waals surface area contributed by atoms with Gasteiger partial charge in [-0.05, 0) is 34.4 Å². The van der Waals surface area contributed by atoms with Gasteiger partial charge in [0.2, 0.25) is 0 Å². The number of aromatic amines is 1. The third-order valence-electron chi connectivity index (χ3n) is 4.70. The molecule has 0 saturated heterocycles. The van der Waals surface area contributed by atoms with E-state index >= 15 is 0 Å². The molecule has 0 aliphatic rings. The number of para-hydroxylation sites is 1. The van der Waals surface area contributed by atoms with E-state index in [1.807, 2.05) is 18.3 Å². The van der Waals surface area contributed by atoms with E-state index in [0.29, 0.717) is 0 Å². The van der Waals surface area contributed by atoms with Crippen molar-refractivity contribution >= 4 is 21.9 Å². The van der Waals surface area contributed by atoms with Gasteiger partial charge in [0.15, 0.2) is 0 Å². The van der Waals surface area contributed by atoms with Crippen LogP contribution in [0.4, 0.5) is 0 Å². The highest BCUT2D eigenvalue weighted by Gasteiger charge is 2.11. The van der Waals surface area contributed by atoms with Gasteiger partial charge in [-0.3, -0.25) is 0 Å². The molecule has 1 N–H and O–H groups in total. The van der Waals surface area contributed by atoms with E-state index in [1.54, 1.807) is 0 Å². The summed E-state index contributed by atoms with van der Waals surface area (Å²) in [7, 11) is 0. The zero-order valence-corrected chi connectivity index (χ0v) is 13.6. The molecule has 0 aliphatic carbocycles. The first kappa shape index (κ1) is 14.0. The lowest BCUT2D eigenvalue weighted by Gasteiger charge is -2.06. The molecule has 0 amide bonds. The maximum atomic E-state index is 4.51. The largest absolute Gasteiger partial charge is 0.339 e. The highest BCUT2D eigenvalue weighted by atomic mass is 14.8. The second kappa shape index (κ2) is 5.60. The van der Waals surface area contributed by atoms with Gasteiger partial charge in [-0.2, -0.15) is 0 Å². The predicted molar refractivity (Wildman–Crippen MR) is 104 cm³/mol. The van der Waals surface area contributed by atoms with Crippen LogP contribution in [0, 0.1) is 0 Å². The number of H-pyrrole nitrogens is 1. The van der Waals surface area contributed by atoms with Crippen LogP contribution in [-0.2, 0) is 0 Å². The van der Waals surface area contributed by atoms with E-state index in [1.165, 1.54) is 33.0 Å². The fourth-order valence-electron chi connectivity index (χ4n) is 3.48. The minimum atomic E-state index is 0.936. The molecule has 5 rings (SSSR count). The molecule has 0 saturated carbocycles. The molecule has 2 heteroatoms. The molecule has 2 aromatic heterocycles. The Labute approximate surface area is 145 Å². The summed E-state index contributed by atoms with van der Waals surface area (Å²) in [6.07, 6.45) is 1.87. The minimum absolute atomic E-state index is 0.936. The summed E-state index contributed by atoms with van der Waals surface area (Å²) in [5.74, 6) is 0. The van der Waals surface area contributed by atoms with Crippen LogP contribution in [0.15, 0.2) is 91.1 Å². The van der Waals surface area contributed by atoms with Crippen LogP contribution in [-0.4, -0.2) is 9.97 Å². The molecular formula is C23H16N2. The second-order valence-corrected chi connectivity index (χ2v) is 6.20. The summed E-state index contributed by atoms with van der Waals surface area (Å²) in [5.41, 5.74) is 6.94. The van der Waals surface area contributed by atoms with E-state index in [4.69, 9.17) is 0 Å². The number of hydrogen-bond acceptors (Lipinski definition) is 1. The molecule has 0 bridgehead atoms. The van der Waals surface area contributed by atoms with Crippen LogP contribution in [0.25, 0.3) is 44.2 Å². The van der Waals surface area contributed by atoms with Crippen molar-refractivity contribution in [1.29, 1.82) is 0 Å². The summed E-state index contributed by atoms with van der Waals surface area (Å²) in [6, 6.07) is 29.7. The number of fused-ring (bicyclic) bond motifs is 3. The highest BCUT2D eigenvalue weighted by molar-refractivity contribution is 6.12. The number of pyridine rings is 1. The first-order valence-electron chi connectivity index (χ1n) is 8.41. The first-order chi connectivity index (χ1) is 12.4. The zero-order chi connectivity index (χ0) is 16.6. The summed E-state index contributed by atoms with van der Waals surface area (Å²) in [5, 5.41) is 2.40. The average Bonchev–Trinajstić information content (AvgIpc) is 3.08. The molecular weight excluding hydrogens is 304 g/mol. The summed E-state index contributed by atoms with van der Waals surface area (Å²) < 4.78 is 0. The van der Waals surface area contributed by atoms with Crippen molar-refractivity contribution in [2.24, 2.45) is 0 Å². The van der Waals surface area contributed by atoms with Crippen molar-refractivity contribution in [1.82, 2.24) is 9.97 Å².